The van der Waals surface area contributed by atoms with Crippen molar-refractivity contribution in [3.05, 3.63) is 0 Å². The molecule has 1 aliphatic rings. The van der Waals surface area contributed by atoms with Crippen molar-refractivity contribution in [2.75, 3.05) is 53.9 Å². The minimum atomic E-state index is -0.288. The molecule has 132 valence electrons. The van der Waals surface area contributed by atoms with Crippen molar-refractivity contribution in [1.29, 1.82) is 0 Å². The normalized spacial score (nSPS) is 16.6. The Kier molecular flexibility index (Phi) is 7.80. The van der Waals surface area contributed by atoms with Crippen LogP contribution in [0.4, 0.5) is 4.79 Å². The van der Waals surface area contributed by atoms with E-state index in [0.717, 1.165) is 17.7 Å². The Morgan fingerprint density at radius 3 is 2.35 bits per heavy atom. The lowest BCUT2D eigenvalue weighted by Gasteiger charge is -2.31. The van der Waals surface area contributed by atoms with Gasteiger partial charge in [0.25, 0.3) is 11.8 Å². The van der Waals surface area contributed by atoms with Crippen LogP contribution < -0.4 is 10.2 Å². The summed E-state index contributed by atoms with van der Waals surface area (Å²) in [6, 6.07) is 0.0746. The molecule has 1 aliphatic heterocycles. The van der Waals surface area contributed by atoms with Crippen LogP contribution in [0.2, 0.25) is 0 Å². The number of hydrogen-bond donors (Lipinski definition) is 2. The molecular formula is C15H29N4O4+. The van der Waals surface area contributed by atoms with Crippen LogP contribution in [-0.2, 0) is 14.3 Å². The van der Waals surface area contributed by atoms with E-state index in [0.29, 0.717) is 26.2 Å². The van der Waals surface area contributed by atoms with Gasteiger partial charge >= 0.3 is 6.09 Å². The van der Waals surface area contributed by atoms with Crippen LogP contribution in [0.25, 0.3) is 0 Å². The predicted molar refractivity (Wildman–Crippen MR) is 85.1 cm³/mol. The second kappa shape index (κ2) is 9.34. The molecule has 1 saturated heterocycles. The highest BCUT2D eigenvalue weighted by molar-refractivity contribution is 5.79. The summed E-state index contributed by atoms with van der Waals surface area (Å²) in [6.45, 7) is 3.89. The number of carbonyl (C=O) groups excluding carboxylic acids is 3. The number of ether oxygens (including phenoxy) is 1. The van der Waals surface area contributed by atoms with E-state index in [-0.39, 0.29) is 30.5 Å². The maximum Gasteiger partial charge on any atom is 0.409 e. The number of hydrogen-bond acceptors (Lipinski definition) is 4. The molecule has 3 amide bonds. The van der Waals surface area contributed by atoms with Crippen molar-refractivity contribution in [1.82, 2.24) is 15.1 Å². The van der Waals surface area contributed by atoms with Crippen molar-refractivity contribution in [2.24, 2.45) is 0 Å². The Morgan fingerprint density at radius 1 is 1.22 bits per heavy atom. The fraction of sp³-hybridized carbons (Fsp3) is 0.800. The van der Waals surface area contributed by atoms with Gasteiger partial charge in [0.1, 0.15) is 0 Å². The monoisotopic (exact) mass is 329 g/mol. The number of piperidine rings is 1. The molecule has 0 radical (unpaired) electrons. The number of likely N-dealkylation sites (N-methyl/N-ethyl adjacent to an activating group) is 2. The summed E-state index contributed by atoms with van der Waals surface area (Å²) < 4.78 is 4.97. The smallest absolute Gasteiger partial charge is 0.409 e. The standard InChI is InChI=1S/C15H28N4O4/c1-5-23-15(22)19-8-6-12(7-9-19)16-13(20)10-18(4)11-14(21)17(2)3/h12H,5-11H2,1-4H3,(H,16,20)/p+1. The molecule has 0 spiro atoms. The highest BCUT2D eigenvalue weighted by Gasteiger charge is 2.25. The lowest BCUT2D eigenvalue weighted by atomic mass is 10.1. The molecule has 23 heavy (non-hydrogen) atoms. The van der Waals surface area contributed by atoms with Gasteiger partial charge in [0.2, 0.25) is 0 Å². The topological polar surface area (TPSA) is 83.4 Å². The number of quaternary nitrogens is 1. The van der Waals surface area contributed by atoms with Crippen molar-refractivity contribution in [3.63, 3.8) is 0 Å². The molecule has 1 fully saturated rings. The summed E-state index contributed by atoms with van der Waals surface area (Å²) in [5.74, 6) is -0.0679. The first-order valence-corrected chi connectivity index (χ1v) is 8.06. The average Bonchev–Trinajstić information content (AvgIpc) is 2.47. The van der Waals surface area contributed by atoms with Gasteiger partial charge < -0.3 is 24.8 Å². The Labute approximate surface area is 137 Å². The molecule has 0 aromatic heterocycles. The summed E-state index contributed by atoms with van der Waals surface area (Å²) in [7, 11) is 5.23. The summed E-state index contributed by atoms with van der Waals surface area (Å²) in [5.41, 5.74) is 0. The first-order valence-electron chi connectivity index (χ1n) is 8.06. The largest absolute Gasteiger partial charge is 0.450 e. The maximum atomic E-state index is 12.0. The van der Waals surface area contributed by atoms with Gasteiger partial charge in [0, 0.05) is 33.2 Å². The van der Waals surface area contributed by atoms with E-state index in [1.165, 1.54) is 4.90 Å². The van der Waals surface area contributed by atoms with E-state index >= 15 is 0 Å². The molecule has 0 aromatic carbocycles. The van der Waals surface area contributed by atoms with Gasteiger partial charge in [-0.15, -0.1) is 0 Å². The molecule has 8 heteroatoms. The molecule has 0 saturated carbocycles. The summed E-state index contributed by atoms with van der Waals surface area (Å²) in [5, 5.41) is 2.98. The average molecular weight is 329 g/mol. The van der Waals surface area contributed by atoms with Gasteiger partial charge in [-0.25, -0.2) is 4.79 Å². The lowest BCUT2D eigenvalue weighted by molar-refractivity contribution is -0.862. The van der Waals surface area contributed by atoms with Crippen LogP contribution in [0.3, 0.4) is 0 Å². The summed E-state index contributed by atoms with van der Waals surface area (Å²) >= 11 is 0. The van der Waals surface area contributed by atoms with Crippen LogP contribution in [0.1, 0.15) is 19.8 Å². The zero-order valence-corrected chi connectivity index (χ0v) is 14.6. The third-order valence-electron chi connectivity index (χ3n) is 3.80. The van der Waals surface area contributed by atoms with Crippen LogP contribution in [0.15, 0.2) is 0 Å². The van der Waals surface area contributed by atoms with Gasteiger partial charge in [-0.1, -0.05) is 0 Å². The van der Waals surface area contributed by atoms with Crippen molar-refractivity contribution in [2.45, 2.75) is 25.8 Å². The number of nitrogens with one attached hydrogen (secondary N) is 2. The van der Waals surface area contributed by atoms with Gasteiger partial charge in [0.05, 0.1) is 13.7 Å². The van der Waals surface area contributed by atoms with Crippen LogP contribution >= 0.6 is 0 Å². The van der Waals surface area contributed by atoms with E-state index in [9.17, 15) is 14.4 Å². The third-order valence-corrected chi connectivity index (χ3v) is 3.80. The van der Waals surface area contributed by atoms with Crippen LogP contribution in [0.5, 0.6) is 0 Å². The van der Waals surface area contributed by atoms with Gasteiger partial charge in [-0.05, 0) is 19.8 Å². The van der Waals surface area contributed by atoms with E-state index in [1.54, 1.807) is 25.9 Å². The fourth-order valence-corrected chi connectivity index (χ4v) is 2.45. The Balaban J connectivity index is 2.28. The SMILES string of the molecule is CCOC(=O)N1CCC(NC(=O)C[NH+](C)CC(=O)N(C)C)CC1. The highest BCUT2D eigenvalue weighted by atomic mass is 16.6. The number of rotatable bonds is 6. The highest BCUT2D eigenvalue weighted by Crippen LogP contribution is 2.11. The van der Waals surface area contributed by atoms with E-state index in [2.05, 4.69) is 5.32 Å². The number of nitrogens with zero attached hydrogens (tertiary/aromatic N) is 2. The molecule has 0 bridgehead atoms. The Bertz CT molecular complexity index is 420. The Hall–Kier alpha value is -1.83. The van der Waals surface area contributed by atoms with Crippen LogP contribution in [0, 0.1) is 0 Å². The van der Waals surface area contributed by atoms with Gasteiger partial charge in [-0.3, -0.25) is 9.59 Å². The zero-order chi connectivity index (χ0) is 17.4. The molecule has 1 heterocycles. The number of carbonyl (C=O) groups is 3. The minimum Gasteiger partial charge on any atom is -0.450 e. The fourth-order valence-electron chi connectivity index (χ4n) is 2.45. The Morgan fingerprint density at radius 2 is 1.83 bits per heavy atom. The molecule has 1 unspecified atom stereocenters. The molecule has 1 atom stereocenters. The molecule has 8 nitrogen and oxygen atoms in total. The zero-order valence-electron chi connectivity index (χ0n) is 14.6. The van der Waals surface area contributed by atoms with Gasteiger partial charge in [0.15, 0.2) is 13.1 Å². The maximum absolute atomic E-state index is 12.0. The first-order chi connectivity index (χ1) is 10.8. The quantitative estimate of drug-likeness (QED) is 0.610. The second-order valence-electron chi connectivity index (χ2n) is 6.13. The van der Waals surface area contributed by atoms with E-state index in [1.807, 2.05) is 7.05 Å². The second-order valence-corrected chi connectivity index (χ2v) is 6.13. The minimum absolute atomic E-state index is 0.00181. The first kappa shape index (κ1) is 19.2. The van der Waals surface area contributed by atoms with E-state index < -0.39 is 0 Å². The molecule has 2 N–H and O–H groups in total. The molecule has 1 rings (SSSR count). The van der Waals surface area contributed by atoms with Gasteiger partial charge in [-0.2, -0.15) is 0 Å². The molecular weight excluding hydrogens is 300 g/mol. The molecule has 0 aliphatic carbocycles. The number of amides is 3. The van der Waals surface area contributed by atoms with Crippen molar-refractivity contribution < 1.29 is 24.0 Å². The molecule has 0 aromatic rings. The lowest BCUT2D eigenvalue weighted by Crippen LogP contribution is -3.11. The summed E-state index contributed by atoms with van der Waals surface area (Å²) in [4.78, 5) is 39.3. The number of likely N-dealkylation sites (tertiary alicyclic amines) is 1. The third kappa shape index (κ3) is 6.85. The van der Waals surface area contributed by atoms with E-state index in [4.69, 9.17) is 4.74 Å². The van der Waals surface area contributed by atoms with Crippen molar-refractivity contribution >= 4 is 17.9 Å². The van der Waals surface area contributed by atoms with Crippen LogP contribution in [-0.4, -0.2) is 87.7 Å². The predicted octanol–water partition coefficient (Wildman–Crippen LogP) is -1.67. The van der Waals surface area contributed by atoms with Crippen molar-refractivity contribution in [3.8, 4) is 0 Å². The summed E-state index contributed by atoms with van der Waals surface area (Å²) in [6.07, 6.45) is 1.16.